The van der Waals surface area contributed by atoms with Gasteiger partial charge >= 0.3 is 0 Å². The van der Waals surface area contributed by atoms with E-state index in [1.807, 2.05) is 0 Å². The smallest absolute Gasteiger partial charge is 0.118 e. The second-order valence-corrected chi connectivity index (χ2v) is 6.23. The molecule has 0 spiro atoms. The Morgan fingerprint density at radius 3 is 1.95 bits per heavy atom. The van der Waals surface area contributed by atoms with E-state index < -0.39 is 0 Å². The molecule has 0 aliphatic rings. The van der Waals surface area contributed by atoms with Crippen LogP contribution in [0.3, 0.4) is 0 Å². The van der Waals surface area contributed by atoms with Crippen molar-refractivity contribution < 1.29 is 4.48 Å². The van der Waals surface area contributed by atoms with E-state index in [0.29, 0.717) is 6.04 Å². The predicted molar refractivity (Wildman–Crippen MR) is 82.1 cm³/mol. The average Bonchev–Trinajstić information content (AvgIpc) is 2.37. The Kier molecular flexibility index (Phi) is 4.06. The zero-order valence-electron chi connectivity index (χ0n) is 12.4. The summed E-state index contributed by atoms with van der Waals surface area (Å²) in [7, 11) is 6.81. The molecule has 0 N–H and O–H groups in total. The molecule has 100 valence electrons. The highest BCUT2D eigenvalue weighted by Crippen LogP contribution is 2.27. The largest absolute Gasteiger partial charge is 0.324 e. The zero-order valence-corrected chi connectivity index (χ0v) is 12.4. The van der Waals surface area contributed by atoms with Crippen LogP contribution in [0.5, 0.6) is 0 Å². The van der Waals surface area contributed by atoms with Gasteiger partial charge in [0, 0.05) is 12.0 Å². The number of likely N-dealkylation sites (N-methyl/N-ethyl adjacent to an activating group) is 1. The van der Waals surface area contributed by atoms with Gasteiger partial charge in [0.15, 0.2) is 0 Å². The van der Waals surface area contributed by atoms with E-state index in [1.165, 1.54) is 16.7 Å². The van der Waals surface area contributed by atoms with Crippen molar-refractivity contribution >= 4 is 0 Å². The van der Waals surface area contributed by atoms with Gasteiger partial charge in [0.25, 0.3) is 0 Å². The summed E-state index contributed by atoms with van der Waals surface area (Å²) in [6.45, 7) is 2.14. The second kappa shape index (κ2) is 5.58. The van der Waals surface area contributed by atoms with Crippen molar-refractivity contribution in [1.82, 2.24) is 0 Å². The minimum absolute atomic E-state index is 0.489. The number of nitrogens with zero attached hydrogens (tertiary/aromatic N) is 1. The Bertz CT molecular complexity index is 506. The maximum atomic E-state index is 2.27. The second-order valence-electron chi connectivity index (χ2n) is 6.23. The first kappa shape index (κ1) is 13.8. The van der Waals surface area contributed by atoms with Crippen LogP contribution in [-0.4, -0.2) is 25.6 Å². The quantitative estimate of drug-likeness (QED) is 0.724. The van der Waals surface area contributed by atoms with Crippen LogP contribution in [0.4, 0.5) is 0 Å². The van der Waals surface area contributed by atoms with Crippen LogP contribution in [-0.2, 0) is 6.42 Å². The van der Waals surface area contributed by atoms with E-state index >= 15 is 0 Å². The van der Waals surface area contributed by atoms with E-state index in [4.69, 9.17) is 0 Å². The summed E-state index contributed by atoms with van der Waals surface area (Å²) in [5, 5.41) is 0. The predicted octanol–water partition coefficient (Wildman–Crippen LogP) is 3.99. The first-order chi connectivity index (χ1) is 8.97. The van der Waals surface area contributed by atoms with E-state index in [1.54, 1.807) is 0 Å². The molecule has 0 aliphatic heterocycles. The highest BCUT2D eigenvalue weighted by molar-refractivity contribution is 5.25. The number of rotatable bonds is 4. The fourth-order valence-electron chi connectivity index (χ4n) is 2.46. The molecule has 0 amide bonds. The summed E-state index contributed by atoms with van der Waals surface area (Å²) < 4.78 is 0.942. The van der Waals surface area contributed by atoms with Crippen LogP contribution in [0.15, 0.2) is 54.6 Å². The molecule has 1 atom stereocenters. The topological polar surface area (TPSA) is 0 Å². The van der Waals surface area contributed by atoms with Crippen LogP contribution in [0.25, 0.3) is 0 Å². The Hall–Kier alpha value is -1.60. The summed E-state index contributed by atoms with van der Waals surface area (Å²) >= 11 is 0. The Labute approximate surface area is 117 Å². The minimum Gasteiger partial charge on any atom is -0.324 e. The highest BCUT2D eigenvalue weighted by atomic mass is 15.3. The molecule has 19 heavy (non-hydrogen) atoms. The van der Waals surface area contributed by atoms with Crippen molar-refractivity contribution in [2.75, 3.05) is 21.1 Å². The van der Waals surface area contributed by atoms with Crippen molar-refractivity contribution in [3.8, 4) is 0 Å². The van der Waals surface area contributed by atoms with Gasteiger partial charge < -0.3 is 4.48 Å². The van der Waals surface area contributed by atoms with E-state index in [2.05, 4.69) is 82.7 Å². The van der Waals surface area contributed by atoms with Crippen molar-refractivity contribution in [2.24, 2.45) is 0 Å². The molecule has 0 aromatic heterocycles. The van der Waals surface area contributed by atoms with Crippen LogP contribution in [0.1, 0.15) is 22.7 Å². The third-order valence-corrected chi connectivity index (χ3v) is 3.67. The molecule has 2 aromatic rings. The lowest BCUT2D eigenvalue weighted by Gasteiger charge is -2.34. The first-order valence-electron chi connectivity index (χ1n) is 6.88. The van der Waals surface area contributed by atoms with Crippen LogP contribution in [0, 0.1) is 6.92 Å². The molecule has 0 radical (unpaired) electrons. The SMILES string of the molecule is Cc1ccc(C(Cc2ccccc2)[N+](C)(C)C)cc1. The normalized spacial score (nSPS) is 13.3. The fourth-order valence-corrected chi connectivity index (χ4v) is 2.46. The Morgan fingerprint density at radius 1 is 0.842 bits per heavy atom. The van der Waals surface area contributed by atoms with E-state index in [0.717, 1.165) is 10.9 Å². The summed E-state index contributed by atoms with van der Waals surface area (Å²) in [6.07, 6.45) is 1.08. The van der Waals surface area contributed by atoms with E-state index in [-0.39, 0.29) is 0 Å². The number of hydrogen-bond donors (Lipinski definition) is 0. The monoisotopic (exact) mass is 254 g/mol. The number of quaternary nitrogens is 1. The molecule has 0 fully saturated rings. The third kappa shape index (κ3) is 3.68. The molecule has 0 saturated heterocycles. The fraction of sp³-hybridized carbons (Fsp3) is 0.333. The molecule has 2 aromatic carbocycles. The molecular formula is C18H24N+. The van der Waals surface area contributed by atoms with Crippen LogP contribution >= 0.6 is 0 Å². The summed E-state index contributed by atoms with van der Waals surface area (Å²) in [4.78, 5) is 0. The van der Waals surface area contributed by atoms with Gasteiger partial charge in [0.05, 0.1) is 21.1 Å². The van der Waals surface area contributed by atoms with Gasteiger partial charge in [-0.2, -0.15) is 0 Å². The average molecular weight is 254 g/mol. The molecule has 1 heteroatoms. The Balaban J connectivity index is 2.29. The van der Waals surface area contributed by atoms with Gasteiger partial charge in [-0.3, -0.25) is 0 Å². The lowest BCUT2D eigenvalue weighted by Crippen LogP contribution is -2.40. The number of aryl methyl sites for hydroxylation is 1. The number of benzene rings is 2. The molecule has 2 rings (SSSR count). The van der Waals surface area contributed by atoms with Crippen LogP contribution in [0.2, 0.25) is 0 Å². The summed E-state index contributed by atoms with van der Waals surface area (Å²) in [5.41, 5.74) is 4.15. The van der Waals surface area contributed by atoms with Crippen LogP contribution < -0.4 is 0 Å². The van der Waals surface area contributed by atoms with E-state index in [9.17, 15) is 0 Å². The van der Waals surface area contributed by atoms with Gasteiger partial charge in [-0.25, -0.2) is 0 Å². The van der Waals surface area contributed by atoms with Crippen molar-refractivity contribution in [3.63, 3.8) is 0 Å². The molecule has 1 nitrogen and oxygen atoms in total. The van der Waals surface area contributed by atoms with Crippen molar-refractivity contribution in [3.05, 3.63) is 71.3 Å². The highest BCUT2D eigenvalue weighted by Gasteiger charge is 2.25. The standard InChI is InChI=1S/C18H24N/c1-15-10-12-17(13-11-15)18(19(2,3)4)14-16-8-6-5-7-9-16/h5-13,18H,14H2,1-4H3/q+1. The Morgan fingerprint density at radius 2 is 1.42 bits per heavy atom. The van der Waals surface area contributed by atoms with Gasteiger partial charge in [0.1, 0.15) is 6.04 Å². The lowest BCUT2D eigenvalue weighted by molar-refractivity contribution is -0.902. The maximum Gasteiger partial charge on any atom is 0.118 e. The molecule has 1 unspecified atom stereocenters. The van der Waals surface area contributed by atoms with Gasteiger partial charge in [0.2, 0.25) is 0 Å². The summed E-state index contributed by atoms with van der Waals surface area (Å²) in [5.74, 6) is 0. The molecule has 0 bridgehead atoms. The number of hydrogen-bond acceptors (Lipinski definition) is 0. The summed E-state index contributed by atoms with van der Waals surface area (Å²) in [6, 6.07) is 20.2. The third-order valence-electron chi connectivity index (χ3n) is 3.67. The van der Waals surface area contributed by atoms with Gasteiger partial charge in [-0.1, -0.05) is 60.2 Å². The minimum atomic E-state index is 0.489. The maximum absolute atomic E-state index is 2.27. The molecular weight excluding hydrogens is 230 g/mol. The molecule has 0 saturated carbocycles. The molecule has 0 aliphatic carbocycles. The van der Waals surface area contributed by atoms with Crippen molar-refractivity contribution in [1.29, 1.82) is 0 Å². The zero-order chi connectivity index (χ0) is 13.9. The van der Waals surface area contributed by atoms with Crippen molar-refractivity contribution in [2.45, 2.75) is 19.4 Å². The van der Waals surface area contributed by atoms with Gasteiger partial charge in [-0.15, -0.1) is 0 Å². The lowest BCUT2D eigenvalue weighted by atomic mass is 9.96. The molecule has 0 heterocycles. The first-order valence-corrected chi connectivity index (χ1v) is 6.88. The van der Waals surface area contributed by atoms with Gasteiger partial charge in [-0.05, 0) is 12.5 Å².